The summed E-state index contributed by atoms with van der Waals surface area (Å²) in [6.45, 7) is 0.562. The highest BCUT2D eigenvalue weighted by atomic mass is 35.5. The van der Waals surface area contributed by atoms with Crippen LogP contribution < -0.4 is 10.6 Å². The third-order valence-corrected chi connectivity index (χ3v) is 5.59. The lowest BCUT2D eigenvalue weighted by Gasteiger charge is -2.34. The Morgan fingerprint density at radius 1 is 1.29 bits per heavy atom. The molecule has 1 aromatic heterocycles. The predicted molar refractivity (Wildman–Crippen MR) is 90.2 cm³/mol. The molecule has 126 valence electrons. The fraction of sp³-hybridized carbons (Fsp3) is 0.438. The van der Waals surface area contributed by atoms with Crippen molar-refractivity contribution in [2.24, 2.45) is 5.73 Å². The van der Waals surface area contributed by atoms with E-state index in [1.165, 1.54) is 0 Å². The van der Waals surface area contributed by atoms with E-state index in [1.807, 2.05) is 0 Å². The van der Waals surface area contributed by atoms with Crippen LogP contribution in [0.5, 0.6) is 0 Å². The number of hydrogen-bond acceptors (Lipinski definition) is 5. The third-order valence-electron chi connectivity index (χ3n) is 4.85. The molecule has 1 amide bonds. The fourth-order valence-corrected chi connectivity index (χ4v) is 3.47. The van der Waals surface area contributed by atoms with Gasteiger partial charge in [-0.2, -0.15) is 4.98 Å². The number of nitrogens with two attached hydrogens (primary N) is 1. The Balaban J connectivity index is 1.56. The van der Waals surface area contributed by atoms with Crippen LogP contribution >= 0.6 is 23.2 Å². The van der Waals surface area contributed by atoms with Crippen LogP contribution in [0.15, 0.2) is 22.7 Å². The standard InChI is InChI=1S/C16H16Cl2N4O2/c17-11-3-2-9(8-12(11)18)22-7-4-10(14(22)23)13-20-15(21-24-13)16(19)5-1-6-16/h2-3,8,10H,1,4-7,19H2. The van der Waals surface area contributed by atoms with Crippen molar-refractivity contribution in [1.29, 1.82) is 0 Å². The van der Waals surface area contributed by atoms with Gasteiger partial charge in [0, 0.05) is 12.2 Å². The summed E-state index contributed by atoms with van der Waals surface area (Å²) in [6.07, 6.45) is 3.37. The first-order valence-corrected chi connectivity index (χ1v) is 8.63. The van der Waals surface area contributed by atoms with Crippen molar-refractivity contribution in [3.8, 4) is 0 Å². The maximum Gasteiger partial charge on any atom is 0.239 e. The first-order valence-electron chi connectivity index (χ1n) is 7.87. The average Bonchev–Trinajstić information content (AvgIpc) is 3.14. The Hall–Kier alpha value is -1.63. The van der Waals surface area contributed by atoms with E-state index in [0.29, 0.717) is 40.4 Å². The molecule has 0 bridgehead atoms. The van der Waals surface area contributed by atoms with Gasteiger partial charge in [0.2, 0.25) is 11.8 Å². The van der Waals surface area contributed by atoms with Gasteiger partial charge in [0.1, 0.15) is 5.92 Å². The molecule has 1 unspecified atom stereocenters. The molecule has 1 aromatic carbocycles. The van der Waals surface area contributed by atoms with Crippen molar-refractivity contribution in [3.63, 3.8) is 0 Å². The van der Waals surface area contributed by atoms with Gasteiger partial charge in [-0.1, -0.05) is 28.4 Å². The summed E-state index contributed by atoms with van der Waals surface area (Å²) >= 11 is 12.0. The summed E-state index contributed by atoms with van der Waals surface area (Å²) in [5.41, 5.74) is 6.43. The largest absolute Gasteiger partial charge is 0.338 e. The number of nitrogens with zero attached hydrogens (tertiary/aromatic N) is 3. The molecular weight excluding hydrogens is 351 g/mol. The summed E-state index contributed by atoms with van der Waals surface area (Å²) in [7, 11) is 0. The summed E-state index contributed by atoms with van der Waals surface area (Å²) in [5, 5.41) is 4.87. The Kier molecular flexibility index (Phi) is 3.78. The Labute approximate surface area is 148 Å². The second-order valence-electron chi connectivity index (χ2n) is 6.40. The molecule has 2 N–H and O–H groups in total. The molecule has 1 aliphatic carbocycles. The third kappa shape index (κ3) is 2.49. The van der Waals surface area contributed by atoms with Crippen LogP contribution in [0.3, 0.4) is 0 Å². The van der Waals surface area contributed by atoms with Crippen LogP contribution in [0.4, 0.5) is 5.69 Å². The van der Waals surface area contributed by atoms with Crippen molar-refractivity contribution in [2.45, 2.75) is 37.1 Å². The molecule has 1 aliphatic heterocycles. The monoisotopic (exact) mass is 366 g/mol. The molecular formula is C16H16Cl2N4O2. The molecule has 2 aromatic rings. The van der Waals surface area contributed by atoms with E-state index in [9.17, 15) is 4.79 Å². The van der Waals surface area contributed by atoms with E-state index in [1.54, 1.807) is 23.1 Å². The SMILES string of the molecule is NC1(c2noc(C3CCN(c4ccc(Cl)c(Cl)c4)C3=O)n2)CCC1. The fourth-order valence-electron chi connectivity index (χ4n) is 3.18. The molecule has 4 rings (SSSR count). The van der Waals surface area contributed by atoms with Gasteiger partial charge in [-0.15, -0.1) is 0 Å². The lowest BCUT2D eigenvalue weighted by atomic mass is 9.77. The molecule has 1 saturated heterocycles. The van der Waals surface area contributed by atoms with E-state index in [2.05, 4.69) is 10.1 Å². The second kappa shape index (κ2) is 5.72. The number of aromatic nitrogens is 2. The number of halogens is 2. The van der Waals surface area contributed by atoms with Gasteiger partial charge < -0.3 is 15.2 Å². The molecule has 2 aliphatic rings. The zero-order chi connectivity index (χ0) is 16.9. The topological polar surface area (TPSA) is 85.2 Å². The Morgan fingerprint density at radius 2 is 2.08 bits per heavy atom. The van der Waals surface area contributed by atoms with Crippen LogP contribution in [-0.2, 0) is 10.3 Å². The van der Waals surface area contributed by atoms with Gasteiger partial charge in [0.05, 0.1) is 15.6 Å². The normalized spacial score (nSPS) is 22.7. The van der Waals surface area contributed by atoms with Crippen molar-refractivity contribution in [1.82, 2.24) is 10.1 Å². The highest BCUT2D eigenvalue weighted by Crippen LogP contribution is 2.39. The Bertz CT molecular complexity index is 803. The smallest absolute Gasteiger partial charge is 0.239 e. The maximum absolute atomic E-state index is 12.7. The molecule has 1 atom stereocenters. The first-order chi connectivity index (χ1) is 11.5. The van der Waals surface area contributed by atoms with E-state index in [-0.39, 0.29) is 5.91 Å². The zero-order valence-electron chi connectivity index (χ0n) is 12.8. The number of benzene rings is 1. The maximum atomic E-state index is 12.7. The van der Waals surface area contributed by atoms with Crippen molar-refractivity contribution in [2.75, 3.05) is 11.4 Å². The first kappa shape index (κ1) is 15.9. The molecule has 2 fully saturated rings. The van der Waals surface area contributed by atoms with Gasteiger partial charge in [-0.25, -0.2) is 0 Å². The van der Waals surface area contributed by atoms with E-state index >= 15 is 0 Å². The quantitative estimate of drug-likeness (QED) is 0.900. The lowest BCUT2D eigenvalue weighted by molar-refractivity contribution is -0.118. The predicted octanol–water partition coefficient (Wildman–Crippen LogP) is 3.23. The van der Waals surface area contributed by atoms with E-state index < -0.39 is 11.5 Å². The van der Waals surface area contributed by atoms with Crippen LogP contribution in [0.1, 0.15) is 43.3 Å². The minimum absolute atomic E-state index is 0.0803. The van der Waals surface area contributed by atoms with Gasteiger partial charge in [0.25, 0.3) is 0 Å². The zero-order valence-corrected chi connectivity index (χ0v) is 14.3. The number of rotatable bonds is 3. The minimum Gasteiger partial charge on any atom is -0.338 e. The number of carbonyl (C=O) groups excluding carboxylic acids is 1. The number of hydrogen-bond donors (Lipinski definition) is 1. The van der Waals surface area contributed by atoms with Gasteiger partial charge in [0.15, 0.2) is 5.82 Å². The van der Waals surface area contributed by atoms with Crippen molar-refractivity contribution >= 4 is 34.8 Å². The van der Waals surface area contributed by atoms with Crippen molar-refractivity contribution in [3.05, 3.63) is 40.0 Å². The van der Waals surface area contributed by atoms with Gasteiger partial charge in [-0.05, 0) is 43.9 Å². The molecule has 1 saturated carbocycles. The number of anilines is 1. The van der Waals surface area contributed by atoms with E-state index in [4.69, 9.17) is 33.5 Å². The van der Waals surface area contributed by atoms with Gasteiger partial charge >= 0.3 is 0 Å². The lowest BCUT2D eigenvalue weighted by Crippen LogP contribution is -2.44. The van der Waals surface area contributed by atoms with Crippen LogP contribution in [0.25, 0.3) is 0 Å². The highest BCUT2D eigenvalue weighted by molar-refractivity contribution is 6.42. The van der Waals surface area contributed by atoms with Crippen LogP contribution in [-0.4, -0.2) is 22.6 Å². The molecule has 8 heteroatoms. The number of amides is 1. The molecule has 0 radical (unpaired) electrons. The summed E-state index contributed by atoms with van der Waals surface area (Å²) in [4.78, 5) is 18.8. The molecule has 6 nitrogen and oxygen atoms in total. The van der Waals surface area contributed by atoms with Crippen LogP contribution in [0, 0.1) is 0 Å². The highest BCUT2D eigenvalue weighted by Gasteiger charge is 2.42. The minimum atomic E-state index is -0.493. The average molecular weight is 367 g/mol. The molecule has 2 heterocycles. The Morgan fingerprint density at radius 3 is 2.75 bits per heavy atom. The summed E-state index contributed by atoms with van der Waals surface area (Å²) in [6, 6.07) is 5.14. The summed E-state index contributed by atoms with van der Waals surface area (Å²) in [5.74, 6) is 0.325. The van der Waals surface area contributed by atoms with Gasteiger partial charge in [-0.3, -0.25) is 4.79 Å². The van der Waals surface area contributed by atoms with Crippen molar-refractivity contribution < 1.29 is 9.32 Å². The molecule has 0 spiro atoms. The number of carbonyl (C=O) groups is 1. The van der Waals surface area contributed by atoms with E-state index in [0.717, 1.165) is 19.3 Å². The molecule has 24 heavy (non-hydrogen) atoms. The van der Waals surface area contributed by atoms with Crippen LogP contribution in [0.2, 0.25) is 10.0 Å². The second-order valence-corrected chi connectivity index (χ2v) is 7.21. The summed E-state index contributed by atoms with van der Waals surface area (Å²) < 4.78 is 5.33.